The minimum atomic E-state index is -0.607. The quantitative estimate of drug-likeness (QED) is 0.860. The first-order valence-corrected chi connectivity index (χ1v) is 6.72. The SMILES string of the molecule is CCCC(C)C(C)(O)Cc1ccc(Br)cc1. The van der Waals surface area contributed by atoms with E-state index in [9.17, 15) is 5.11 Å². The van der Waals surface area contributed by atoms with Crippen LogP contribution in [0.4, 0.5) is 0 Å². The molecule has 1 nitrogen and oxygen atoms in total. The predicted octanol–water partition coefficient (Wildman–Crippen LogP) is 4.18. The lowest BCUT2D eigenvalue weighted by atomic mass is 9.82. The summed E-state index contributed by atoms with van der Waals surface area (Å²) in [6.07, 6.45) is 2.92. The Kier molecular flexibility index (Phi) is 5.00. The highest BCUT2D eigenvalue weighted by Gasteiger charge is 2.27. The molecule has 0 amide bonds. The van der Waals surface area contributed by atoms with Gasteiger partial charge in [0.05, 0.1) is 5.60 Å². The van der Waals surface area contributed by atoms with Gasteiger partial charge < -0.3 is 5.11 Å². The highest BCUT2D eigenvalue weighted by molar-refractivity contribution is 9.10. The van der Waals surface area contributed by atoms with Gasteiger partial charge in [-0.05, 0) is 37.0 Å². The molecule has 0 saturated heterocycles. The lowest BCUT2D eigenvalue weighted by molar-refractivity contribution is 0.00299. The highest BCUT2D eigenvalue weighted by Crippen LogP contribution is 2.26. The molecule has 0 aromatic heterocycles. The van der Waals surface area contributed by atoms with E-state index in [-0.39, 0.29) is 0 Å². The Morgan fingerprint density at radius 2 is 1.88 bits per heavy atom. The van der Waals surface area contributed by atoms with Gasteiger partial charge in [0.15, 0.2) is 0 Å². The van der Waals surface area contributed by atoms with E-state index in [1.165, 1.54) is 5.56 Å². The summed E-state index contributed by atoms with van der Waals surface area (Å²) in [6.45, 7) is 6.23. The van der Waals surface area contributed by atoms with Gasteiger partial charge in [0.1, 0.15) is 0 Å². The minimum Gasteiger partial charge on any atom is -0.390 e. The van der Waals surface area contributed by atoms with Gasteiger partial charge in [-0.15, -0.1) is 0 Å². The van der Waals surface area contributed by atoms with Crippen molar-refractivity contribution in [3.8, 4) is 0 Å². The largest absolute Gasteiger partial charge is 0.390 e. The zero-order valence-electron chi connectivity index (χ0n) is 10.3. The third-order valence-electron chi connectivity index (χ3n) is 3.26. The number of halogens is 1. The van der Waals surface area contributed by atoms with Crippen molar-refractivity contribution in [3.63, 3.8) is 0 Å². The second kappa shape index (κ2) is 5.83. The van der Waals surface area contributed by atoms with Crippen LogP contribution in [0.3, 0.4) is 0 Å². The molecule has 1 aromatic rings. The van der Waals surface area contributed by atoms with Gasteiger partial charge in [0, 0.05) is 10.9 Å². The van der Waals surface area contributed by atoms with Crippen LogP contribution in [-0.4, -0.2) is 10.7 Å². The number of hydrogen-bond donors (Lipinski definition) is 1. The summed E-state index contributed by atoms with van der Waals surface area (Å²) in [5, 5.41) is 10.4. The molecule has 0 aliphatic rings. The minimum absolute atomic E-state index is 0.334. The van der Waals surface area contributed by atoms with E-state index in [2.05, 4.69) is 41.9 Å². The van der Waals surface area contributed by atoms with Gasteiger partial charge in [-0.1, -0.05) is 48.3 Å². The molecule has 1 aromatic carbocycles. The molecule has 0 heterocycles. The van der Waals surface area contributed by atoms with Gasteiger partial charge in [-0.3, -0.25) is 0 Å². The van der Waals surface area contributed by atoms with Gasteiger partial charge in [-0.2, -0.15) is 0 Å². The smallest absolute Gasteiger partial charge is 0.0685 e. The van der Waals surface area contributed by atoms with Crippen LogP contribution >= 0.6 is 15.9 Å². The molecule has 0 spiro atoms. The van der Waals surface area contributed by atoms with Crippen LogP contribution in [0.25, 0.3) is 0 Å². The molecule has 90 valence electrons. The van der Waals surface area contributed by atoms with E-state index in [1.807, 2.05) is 19.1 Å². The molecule has 16 heavy (non-hydrogen) atoms. The topological polar surface area (TPSA) is 20.2 Å². The van der Waals surface area contributed by atoms with Crippen LogP contribution in [-0.2, 0) is 6.42 Å². The zero-order chi connectivity index (χ0) is 12.2. The maximum Gasteiger partial charge on any atom is 0.0685 e. The van der Waals surface area contributed by atoms with Gasteiger partial charge in [0.2, 0.25) is 0 Å². The first kappa shape index (κ1) is 13.7. The summed E-state index contributed by atoms with van der Waals surface area (Å²) >= 11 is 3.42. The maximum atomic E-state index is 10.4. The second-order valence-electron chi connectivity index (χ2n) is 4.85. The average molecular weight is 285 g/mol. The van der Waals surface area contributed by atoms with E-state index in [0.717, 1.165) is 23.7 Å². The fourth-order valence-electron chi connectivity index (χ4n) is 1.93. The molecule has 1 N–H and O–H groups in total. The molecule has 2 atom stereocenters. The van der Waals surface area contributed by atoms with E-state index in [4.69, 9.17) is 0 Å². The summed E-state index contributed by atoms with van der Waals surface area (Å²) in [7, 11) is 0. The number of benzene rings is 1. The van der Waals surface area contributed by atoms with E-state index in [0.29, 0.717) is 5.92 Å². The summed E-state index contributed by atoms with van der Waals surface area (Å²) in [5.74, 6) is 0.334. The van der Waals surface area contributed by atoms with E-state index < -0.39 is 5.60 Å². The van der Waals surface area contributed by atoms with Crippen LogP contribution in [0, 0.1) is 5.92 Å². The fraction of sp³-hybridized carbons (Fsp3) is 0.571. The number of rotatable bonds is 5. The summed E-state index contributed by atoms with van der Waals surface area (Å²) < 4.78 is 1.08. The molecule has 0 aliphatic heterocycles. The molecular weight excluding hydrogens is 264 g/mol. The van der Waals surface area contributed by atoms with Crippen molar-refractivity contribution in [2.75, 3.05) is 0 Å². The molecule has 0 saturated carbocycles. The first-order valence-electron chi connectivity index (χ1n) is 5.92. The molecule has 0 radical (unpaired) electrons. The standard InChI is InChI=1S/C14H21BrO/c1-4-5-11(2)14(3,16)10-12-6-8-13(15)9-7-12/h6-9,11,16H,4-5,10H2,1-3H3. The lowest BCUT2D eigenvalue weighted by Gasteiger charge is -2.30. The average Bonchev–Trinajstić information content (AvgIpc) is 2.21. The molecule has 0 fully saturated rings. The van der Waals surface area contributed by atoms with Crippen molar-refractivity contribution in [2.45, 2.75) is 45.6 Å². The highest BCUT2D eigenvalue weighted by atomic mass is 79.9. The molecular formula is C14H21BrO. The van der Waals surface area contributed by atoms with Gasteiger partial charge in [-0.25, -0.2) is 0 Å². The van der Waals surface area contributed by atoms with Crippen LogP contribution in [0.5, 0.6) is 0 Å². The van der Waals surface area contributed by atoms with Gasteiger partial charge in [0.25, 0.3) is 0 Å². The molecule has 0 bridgehead atoms. The lowest BCUT2D eigenvalue weighted by Crippen LogP contribution is -2.35. The van der Waals surface area contributed by atoms with Crippen LogP contribution < -0.4 is 0 Å². The molecule has 1 rings (SSSR count). The van der Waals surface area contributed by atoms with Crippen molar-refractivity contribution in [1.29, 1.82) is 0 Å². The molecule has 2 unspecified atom stereocenters. The predicted molar refractivity (Wildman–Crippen MR) is 72.5 cm³/mol. The van der Waals surface area contributed by atoms with Crippen LogP contribution in [0.1, 0.15) is 39.2 Å². The second-order valence-corrected chi connectivity index (χ2v) is 5.77. The van der Waals surface area contributed by atoms with Crippen LogP contribution in [0.2, 0.25) is 0 Å². The van der Waals surface area contributed by atoms with Gasteiger partial charge >= 0.3 is 0 Å². The molecule has 0 aliphatic carbocycles. The van der Waals surface area contributed by atoms with Crippen molar-refractivity contribution >= 4 is 15.9 Å². The molecule has 2 heteroatoms. The Bertz CT molecular complexity index is 316. The number of aliphatic hydroxyl groups is 1. The Morgan fingerprint density at radius 1 is 1.31 bits per heavy atom. The zero-order valence-corrected chi connectivity index (χ0v) is 11.9. The maximum absolute atomic E-state index is 10.4. The monoisotopic (exact) mass is 284 g/mol. The van der Waals surface area contributed by atoms with E-state index >= 15 is 0 Å². The van der Waals surface area contributed by atoms with Crippen molar-refractivity contribution in [3.05, 3.63) is 34.3 Å². The summed E-state index contributed by atoms with van der Waals surface area (Å²) in [4.78, 5) is 0. The Labute approximate surface area is 107 Å². The Balaban J connectivity index is 2.68. The third kappa shape index (κ3) is 3.91. The fourth-order valence-corrected chi connectivity index (χ4v) is 2.20. The summed E-state index contributed by atoms with van der Waals surface area (Å²) in [5.41, 5.74) is 0.584. The Hall–Kier alpha value is -0.340. The van der Waals surface area contributed by atoms with Crippen molar-refractivity contribution in [1.82, 2.24) is 0 Å². The first-order chi connectivity index (χ1) is 7.45. The normalized spacial score (nSPS) is 16.8. The van der Waals surface area contributed by atoms with E-state index in [1.54, 1.807) is 0 Å². The Morgan fingerprint density at radius 3 is 2.38 bits per heavy atom. The third-order valence-corrected chi connectivity index (χ3v) is 3.79. The van der Waals surface area contributed by atoms with Crippen molar-refractivity contribution in [2.24, 2.45) is 5.92 Å². The summed E-state index contributed by atoms with van der Waals surface area (Å²) in [6, 6.07) is 8.18. The number of hydrogen-bond acceptors (Lipinski definition) is 1. The van der Waals surface area contributed by atoms with Crippen LogP contribution in [0.15, 0.2) is 28.7 Å². The van der Waals surface area contributed by atoms with Crippen molar-refractivity contribution < 1.29 is 5.11 Å².